The Kier molecular flexibility index (Phi) is 6.10. The van der Waals surface area contributed by atoms with Gasteiger partial charge in [0.25, 0.3) is 5.69 Å². The molecule has 8 heteroatoms. The molecule has 3 rings (SSSR count). The van der Waals surface area contributed by atoms with Gasteiger partial charge in [-0.2, -0.15) is 0 Å². The van der Waals surface area contributed by atoms with Gasteiger partial charge in [0.2, 0.25) is 5.91 Å². The molecule has 1 aromatic heterocycles. The molecule has 0 spiro atoms. The van der Waals surface area contributed by atoms with Crippen LogP contribution in [0.3, 0.4) is 0 Å². The second-order valence-corrected chi connectivity index (χ2v) is 6.60. The van der Waals surface area contributed by atoms with Gasteiger partial charge in [-0.05, 0) is 24.1 Å². The van der Waals surface area contributed by atoms with E-state index in [1.54, 1.807) is 12.3 Å². The molecule has 0 saturated carbocycles. The van der Waals surface area contributed by atoms with Crippen LogP contribution in [0.5, 0.6) is 0 Å². The molecule has 1 saturated heterocycles. The SMILES string of the molecule is Cc1ccc([N+](=O)[O-])cc1NC(=O)CCN1CCNCC1c1cccnc1. The first kappa shape index (κ1) is 18.9. The average molecular weight is 369 g/mol. The van der Waals surface area contributed by atoms with E-state index >= 15 is 0 Å². The molecule has 0 aliphatic carbocycles. The van der Waals surface area contributed by atoms with Crippen molar-refractivity contribution < 1.29 is 9.72 Å². The molecule has 1 atom stereocenters. The Bertz CT molecular complexity index is 812. The largest absolute Gasteiger partial charge is 0.326 e. The standard InChI is InChI=1S/C19H23N5O3/c1-14-4-5-16(24(26)27)11-17(14)22-19(25)6-9-23-10-8-21-13-18(23)15-3-2-7-20-12-15/h2-5,7,11-12,18,21H,6,8-10,13H2,1H3,(H,22,25). The van der Waals surface area contributed by atoms with Crippen LogP contribution >= 0.6 is 0 Å². The summed E-state index contributed by atoms with van der Waals surface area (Å²) in [5, 5.41) is 17.1. The monoisotopic (exact) mass is 369 g/mol. The normalized spacial score (nSPS) is 17.4. The number of carbonyl (C=O) groups excluding carboxylic acids is 1. The molecule has 1 amide bonds. The third-order valence-corrected chi connectivity index (χ3v) is 4.76. The van der Waals surface area contributed by atoms with Crippen LogP contribution in [-0.2, 0) is 4.79 Å². The molecule has 0 radical (unpaired) electrons. The van der Waals surface area contributed by atoms with Crippen molar-refractivity contribution in [3.8, 4) is 0 Å². The van der Waals surface area contributed by atoms with Gasteiger partial charge in [-0.15, -0.1) is 0 Å². The minimum absolute atomic E-state index is 0.0327. The van der Waals surface area contributed by atoms with Gasteiger partial charge in [0.05, 0.1) is 10.6 Å². The summed E-state index contributed by atoms with van der Waals surface area (Å²) >= 11 is 0. The number of aromatic nitrogens is 1. The molecule has 1 unspecified atom stereocenters. The molecular weight excluding hydrogens is 346 g/mol. The predicted molar refractivity (Wildman–Crippen MR) is 103 cm³/mol. The number of aryl methyl sites for hydroxylation is 1. The fourth-order valence-electron chi connectivity index (χ4n) is 3.23. The maximum atomic E-state index is 12.4. The molecule has 142 valence electrons. The highest BCUT2D eigenvalue weighted by atomic mass is 16.6. The fourth-order valence-corrected chi connectivity index (χ4v) is 3.23. The second-order valence-electron chi connectivity index (χ2n) is 6.60. The van der Waals surface area contributed by atoms with Gasteiger partial charge in [0.15, 0.2) is 0 Å². The lowest BCUT2D eigenvalue weighted by molar-refractivity contribution is -0.384. The van der Waals surface area contributed by atoms with Crippen LogP contribution in [0.4, 0.5) is 11.4 Å². The highest BCUT2D eigenvalue weighted by Gasteiger charge is 2.24. The number of pyridine rings is 1. The maximum absolute atomic E-state index is 12.4. The number of non-ortho nitro benzene ring substituents is 1. The third-order valence-electron chi connectivity index (χ3n) is 4.76. The van der Waals surface area contributed by atoms with Crippen molar-refractivity contribution in [3.63, 3.8) is 0 Å². The van der Waals surface area contributed by atoms with E-state index in [4.69, 9.17) is 0 Å². The van der Waals surface area contributed by atoms with E-state index in [-0.39, 0.29) is 17.6 Å². The van der Waals surface area contributed by atoms with Crippen molar-refractivity contribution >= 4 is 17.3 Å². The molecule has 2 aromatic rings. The van der Waals surface area contributed by atoms with Gasteiger partial charge in [-0.3, -0.25) is 24.8 Å². The fraction of sp³-hybridized carbons (Fsp3) is 0.368. The van der Waals surface area contributed by atoms with E-state index in [2.05, 4.69) is 20.5 Å². The van der Waals surface area contributed by atoms with Gasteiger partial charge < -0.3 is 10.6 Å². The Balaban J connectivity index is 1.61. The van der Waals surface area contributed by atoms with Crippen molar-refractivity contribution in [2.45, 2.75) is 19.4 Å². The quantitative estimate of drug-likeness (QED) is 0.598. The van der Waals surface area contributed by atoms with Crippen LogP contribution in [0.1, 0.15) is 23.6 Å². The first-order valence-corrected chi connectivity index (χ1v) is 8.94. The summed E-state index contributed by atoms with van der Waals surface area (Å²) in [5.74, 6) is -0.151. The smallest absolute Gasteiger partial charge is 0.271 e. The van der Waals surface area contributed by atoms with Crippen LogP contribution in [0.15, 0.2) is 42.7 Å². The van der Waals surface area contributed by atoms with E-state index in [9.17, 15) is 14.9 Å². The number of piperazine rings is 1. The predicted octanol–water partition coefficient (Wildman–Crippen LogP) is 2.27. The van der Waals surface area contributed by atoms with Crippen molar-refractivity contribution in [3.05, 3.63) is 64.0 Å². The van der Waals surface area contributed by atoms with Crippen molar-refractivity contribution in [1.82, 2.24) is 15.2 Å². The van der Waals surface area contributed by atoms with Crippen LogP contribution in [-0.4, -0.2) is 46.9 Å². The Hall–Kier alpha value is -2.84. The highest BCUT2D eigenvalue weighted by Crippen LogP contribution is 2.23. The van der Waals surface area contributed by atoms with E-state index in [0.29, 0.717) is 18.7 Å². The summed E-state index contributed by atoms with van der Waals surface area (Å²) in [6.45, 7) is 4.97. The number of hydrogen-bond donors (Lipinski definition) is 2. The number of carbonyl (C=O) groups is 1. The number of anilines is 1. The number of nitro groups is 1. The van der Waals surface area contributed by atoms with Crippen molar-refractivity contribution in [2.24, 2.45) is 0 Å². The highest BCUT2D eigenvalue weighted by molar-refractivity contribution is 5.92. The Labute approximate surface area is 157 Å². The van der Waals surface area contributed by atoms with Gasteiger partial charge in [0.1, 0.15) is 0 Å². The number of hydrogen-bond acceptors (Lipinski definition) is 6. The molecule has 27 heavy (non-hydrogen) atoms. The molecule has 1 aliphatic heterocycles. The molecule has 1 aromatic carbocycles. The number of rotatable bonds is 6. The Morgan fingerprint density at radius 3 is 3.04 bits per heavy atom. The van der Waals surface area contributed by atoms with E-state index in [0.717, 1.165) is 30.8 Å². The van der Waals surface area contributed by atoms with Gasteiger partial charge in [-0.1, -0.05) is 12.1 Å². The lowest BCUT2D eigenvalue weighted by atomic mass is 10.1. The zero-order valence-corrected chi connectivity index (χ0v) is 15.2. The van der Waals surface area contributed by atoms with Crippen LogP contribution in [0.2, 0.25) is 0 Å². The molecule has 8 nitrogen and oxygen atoms in total. The molecule has 2 N–H and O–H groups in total. The summed E-state index contributed by atoms with van der Waals surface area (Å²) in [6.07, 6.45) is 3.93. The lowest BCUT2D eigenvalue weighted by Crippen LogP contribution is -2.46. The second kappa shape index (κ2) is 8.70. The third kappa shape index (κ3) is 4.87. The first-order chi connectivity index (χ1) is 13.0. The van der Waals surface area contributed by atoms with E-state index in [1.165, 1.54) is 12.1 Å². The van der Waals surface area contributed by atoms with Gasteiger partial charge in [-0.25, -0.2) is 0 Å². The number of benzene rings is 1. The number of nitrogens with one attached hydrogen (secondary N) is 2. The Morgan fingerprint density at radius 1 is 1.44 bits per heavy atom. The average Bonchev–Trinajstić information content (AvgIpc) is 2.69. The summed E-state index contributed by atoms with van der Waals surface area (Å²) in [4.78, 5) is 29.3. The summed E-state index contributed by atoms with van der Waals surface area (Å²) in [7, 11) is 0. The summed E-state index contributed by atoms with van der Waals surface area (Å²) < 4.78 is 0. The molecular formula is C19H23N5O3. The van der Waals surface area contributed by atoms with E-state index in [1.807, 2.05) is 25.3 Å². The van der Waals surface area contributed by atoms with Crippen LogP contribution < -0.4 is 10.6 Å². The maximum Gasteiger partial charge on any atom is 0.271 e. The topological polar surface area (TPSA) is 100 Å². The minimum atomic E-state index is -0.464. The first-order valence-electron chi connectivity index (χ1n) is 8.94. The minimum Gasteiger partial charge on any atom is -0.326 e. The molecule has 1 fully saturated rings. The van der Waals surface area contributed by atoms with Crippen LogP contribution in [0, 0.1) is 17.0 Å². The van der Waals surface area contributed by atoms with Gasteiger partial charge >= 0.3 is 0 Å². The molecule has 1 aliphatic rings. The summed E-state index contributed by atoms with van der Waals surface area (Å²) in [5.41, 5.74) is 2.37. The van der Waals surface area contributed by atoms with Crippen molar-refractivity contribution in [1.29, 1.82) is 0 Å². The van der Waals surface area contributed by atoms with E-state index < -0.39 is 4.92 Å². The van der Waals surface area contributed by atoms with Crippen molar-refractivity contribution in [2.75, 3.05) is 31.5 Å². The van der Waals surface area contributed by atoms with Crippen LogP contribution in [0.25, 0.3) is 0 Å². The lowest BCUT2D eigenvalue weighted by Gasteiger charge is -2.36. The Morgan fingerprint density at radius 2 is 2.30 bits per heavy atom. The summed E-state index contributed by atoms with van der Waals surface area (Å²) in [6, 6.07) is 8.62. The molecule has 2 heterocycles. The van der Waals surface area contributed by atoms with Gasteiger partial charge in [0, 0.05) is 63.2 Å². The number of nitrogens with zero attached hydrogens (tertiary/aromatic N) is 3. The zero-order chi connectivity index (χ0) is 19.2. The number of nitro benzene ring substituents is 1. The molecule has 0 bridgehead atoms. The zero-order valence-electron chi connectivity index (χ0n) is 15.2. The number of amides is 1.